The Bertz CT molecular complexity index is 2000. The first-order valence-corrected chi connectivity index (χ1v) is 24.5. The van der Waals surface area contributed by atoms with Crippen molar-refractivity contribution in [2.24, 2.45) is 0 Å². The molecule has 3 aliphatic rings. The van der Waals surface area contributed by atoms with Crippen LogP contribution < -0.4 is 28.4 Å². The Kier molecular flexibility index (Phi) is 15.6. The van der Waals surface area contributed by atoms with Crippen molar-refractivity contribution in [2.45, 2.75) is 174 Å². The maximum Gasteiger partial charge on any atom is 0.164 e. The molecule has 12 nitrogen and oxygen atoms in total. The molecular weight excluding hydrogens is 877 g/mol. The first kappa shape index (κ1) is 52.3. The van der Waals surface area contributed by atoms with Crippen LogP contribution >= 0.6 is 0 Å². The Balaban J connectivity index is 1.05. The van der Waals surface area contributed by atoms with Crippen LogP contribution in [0.2, 0.25) is 0 Å². The summed E-state index contributed by atoms with van der Waals surface area (Å²) in [5.41, 5.74) is 3.82. The van der Waals surface area contributed by atoms with Gasteiger partial charge in [0.25, 0.3) is 0 Å². The second-order valence-corrected chi connectivity index (χ2v) is 23.0. The van der Waals surface area contributed by atoms with Gasteiger partial charge in [-0.15, -0.1) is 0 Å². The Morgan fingerprint density at radius 1 is 0.304 bits per heavy atom. The van der Waals surface area contributed by atoms with Crippen LogP contribution in [0.1, 0.15) is 121 Å². The van der Waals surface area contributed by atoms with Crippen LogP contribution in [0.5, 0.6) is 34.5 Å². The van der Waals surface area contributed by atoms with Gasteiger partial charge in [0.2, 0.25) is 0 Å². The molecule has 4 aromatic carbocycles. The van der Waals surface area contributed by atoms with Gasteiger partial charge < -0.3 is 56.8 Å². The van der Waals surface area contributed by atoms with Crippen molar-refractivity contribution in [2.75, 3.05) is 39.6 Å². The molecule has 12 heteroatoms. The van der Waals surface area contributed by atoms with Gasteiger partial charge in [-0.2, -0.15) is 0 Å². The second-order valence-electron chi connectivity index (χ2n) is 23.0. The molecule has 3 aliphatic heterocycles. The van der Waals surface area contributed by atoms with Crippen molar-refractivity contribution in [3.05, 3.63) is 108 Å². The molecule has 0 amide bonds. The standard InChI is InChI=1S/C57H78O12/c1-52(2,3)37-16-22-40(23-17-37)58-31-46-49(67-55(10,11)64-46)34-61-43-28-44(62-35-50-47(65-56(12,13)68-50)32-59-41-24-18-38(19-25-41)53(4,5)6)30-45(29-43)63-36-51-48(66-57(14,15)69-51)33-60-42-26-20-39(21-27-42)54(7,8)9/h16-30,46-51H,31-36H2,1-15H3/t46-,47-,48-,49-,50-,51-/m0/s1. The molecule has 6 atom stereocenters. The van der Waals surface area contributed by atoms with E-state index in [4.69, 9.17) is 56.8 Å². The van der Waals surface area contributed by atoms with Crippen LogP contribution in [-0.4, -0.2) is 93.6 Å². The zero-order valence-electron chi connectivity index (χ0n) is 43.8. The Morgan fingerprint density at radius 2 is 0.478 bits per heavy atom. The van der Waals surface area contributed by atoms with Gasteiger partial charge in [-0.3, -0.25) is 0 Å². The number of ether oxygens (including phenoxy) is 12. The number of hydrogen-bond donors (Lipinski definition) is 0. The normalized spacial score (nSPS) is 24.2. The minimum absolute atomic E-state index is 0.0418. The topological polar surface area (TPSA) is 111 Å². The smallest absolute Gasteiger partial charge is 0.164 e. The molecule has 0 bridgehead atoms. The lowest BCUT2D eigenvalue weighted by Crippen LogP contribution is -2.34. The lowest BCUT2D eigenvalue weighted by molar-refractivity contribution is -0.150. The van der Waals surface area contributed by atoms with E-state index < -0.39 is 54.0 Å². The van der Waals surface area contributed by atoms with Crippen LogP contribution in [0.3, 0.4) is 0 Å². The molecule has 0 unspecified atom stereocenters. The van der Waals surface area contributed by atoms with E-state index in [0.29, 0.717) is 17.2 Å². The van der Waals surface area contributed by atoms with Crippen LogP contribution in [-0.2, 0) is 44.7 Å². The molecule has 0 saturated carbocycles. The molecule has 69 heavy (non-hydrogen) atoms. The van der Waals surface area contributed by atoms with Gasteiger partial charge in [0.15, 0.2) is 17.4 Å². The minimum Gasteiger partial charge on any atom is -0.491 e. The zero-order chi connectivity index (χ0) is 50.0. The monoisotopic (exact) mass is 955 g/mol. The molecular formula is C57H78O12. The molecule has 0 radical (unpaired) electrons. The van der Waals surface area contributed by atoms with Gasteiger partial charge in [-0.25, -0.2) is 0 Å². The molecule has 7 rings (SSSR count). The van der Waals surface area contributed by atoms with Gasteiger partial charge in [0.1, 0.15) is 111 Å². The second kappa shape index (κ2) is 20.7. The fourth-order valence-corrected chi connectivity index (χ4v) is 8.59. The predicted molar refractivity (Wildman–Crippen MR) is 266 cm³/mol. The fraction of sp³-hybridized carbons (Fsp3) is 0.579. The summed E-state index contributed by atoms with van der Waals surface area (Å²) in [4.78, 5) is 0. The Morgan fingerprint density at radius 3 is 0.652 bits per heavy atom. The average Bonchev–Trinajstić information content (AvgIpc) is 3.86. The third-order valence-electron chi connectivity index (χ3n) is 12.4. The van der Waals surface area contributed by atoms with Crippen LogP contribution in [0.4, 0.5) is 0 Å². The summed E-state index contributed by atoms with van der Waals surface area (Å²) in [5.74, 6) is 1.31. The molecule has 3 fully saturated rings. The lowest BCUT2D eigenvalue weighted by atomic mass is 9.87. The summed E-state index contributed by atoms with van der Waals surface area (Å²) >= 11 is 0. The quantitative estimate of drug-likeness (QED) is 0.0947. The molecule has 4 aromatic rings. The Hall–Kier alpha value is -4.56. The summed E-state index contributed by atoms with van der Waals surface area (Å²) in [6.07, 6.45) is -2.48. The summed E-state index contributed by atoms with van der Waals surface area (Å²) in [7, 11) is 0. The van der Waals surface area contributed by atoms with Gasteiger partial charge >= 0.3 is 0 Å². The first-order valence-electron chi connectivity index (χ1n) is 24.5. The highest BCUT2D eigenvalue weighted by Crippen LogP contribution is 2.36. The molecule has 0 aliphatic carbocycles. The van der Waals surface area contributed by atoms with E-state index in [9.17, 15) is 0 Å². The van der Waals surface area contributed by atoms with Crippen molar-refractivity contribution in [1.82, 2.24) is 0 Å². The van der Waals surface area contributed by atoms with E-state index in [2.05, 4.69) is 98.7 Å². The van der Waals surface area contributed by atoms with E-state index in [1.807, 2.05) is 96.1 Å². The van der Waals surface area contributed by atoms with E-state index in [0.717, 1.165) is 17.2 Å². The maximum atomic E-state index is 6.51. The molecule has 0 N–H and O–H groups in total. The lowest BCUT2D eigenvalue weighted by Gasteiger charge is -2.22. The van der Waals surface area contributed by atoms with E-state index >= 15 is 0 Å². The molecule has 378 valence electrons. The number of hydrogen-bond acceptors (Lipinski definition) is 12. The highest BCUT2D eigenvalue weighted by atomic mass is 16.8. The minimum atomic E-state index is -0.835. The van der Waals surface area contributed by atoms with Crippen LogP contribution in [0, 0.1) is 0 Å². The van der Waals surface area contributed by atoms with Crippen molar-refractivity contribution in [3.63, 3.8) is 0 Å². The number of benzene rings is 4. The van der Waals surface area contributed by atoms with Crippen molar-refractivity contribution in [1.29, 1.82) is 0 Å². The SMILES string of the molecule is CC1(C)O[C@@H](COc2ccc(C(C)(C)C)cc2)[C@H](COc2cc(OC[C@@H]3OC(C)(C)O[C@H]3COc3ccc(C(C)(C)C)cc3)cc(OC[C@@H]3OC(C)(C)O[C@H]3COc3ccc(C(C)(C)C)cc3)c2)O1. The van der Waals surface area contributed by atoms with Crippen molar-refractivity contribution >= 4 is 0 Å². The fourth-order valence-electron chi connectivity index (χ4n) is 8.59. The number of rotatable bonds is 18. The average molecular weight is 955 g/mol. The third-order valence-corrected chi connectivity index (χ3v) is 12.4. The van der Waals surface area contributed by atoms with E-state index in [1.54, 1.807) is 0 Å². The highest BCUT2D eigenvalue weighted by Gasteiger charge is 2.45. The maximum absolute atomic E-state index is 6.51. The van der Waals surface area contributed by atoms with E-state index in [1.165, 1.54) is 16.7 Å². The highest BCUT2D eigenvalue weighted by molar-refractivity contribution is 5.42. The molecule has 0 spiro atoms. The largest absolute Gasteiger partial charge is 0.491 e. The van der Waals surface area contributed by atoms with Gasteiger partial charge in [0, 0.05) is 18.2 Å². The molecule has 3 saturated heterocycles. The Labute approximate surface area is 411 Å². The summed E-state index contributed by atoms with van der Waals surface area (Å²) < 4.78 is 76.3. The van der Waals surface area contributed by atoms with Gasteiger partial charge in [0.05, 0.1) is 0 Å². The van der Waals surface area contributed by atoms with Crippen LogP contribution in [0.25, 0.3) is 0 Å². The summed E-state index contributed by atoms with van der Waals surface area (Å²) in [6.45, 7) is 32.5. The van der Waals surface area contributed by atoms with E-state index in [-0.39, 0.29) is 55.9 Å². The summed E-state index contributed by atoms with van der Waals surface area (Å²) in [5, 5.41) is 0. The van der Waals surface area contributed by atoms with Crippen molar-refractivity contribution < 1.29 is 56.8 Å². The molecule has 3 heterocycles. The molecule has 0 aromatic heterocycles. The van der Waals surface area contributed by atoms with Crippen molar-refractivity contribution in [3.8, 4) is 34.5 Å². The predicted octanol–water partition coefficient (Wildman–Crippen LogP) is 11.5. The van der Waals surface area contributed by atoms with Gasteiger partial charge in [-0.1, -0.05) is 98.7 Å². The first-order chi connectivity index (χ1) is 32.2. The zero-order valence-corrected chi connectivity index (χ0v) is 43.8. The third kappa shape index (κ3) is 14.7. The summed E-state index contributed by atoms with van der Waals surface area (Å²) in [6, 6.07) is 30.1. The van der Waals surface area contributed by atoms with Gasteiger partial charge in [-0.05, 0) is 111 Å². The van der Waals surface area contributed by atoms with Crippen LogP contribution in [0.15, 0.2) is 91.0 Å².